The zero-order valence-electron chi connectivity index (χ0n) is 3.29. The van der Waals surface area contributed by atoms with E-state index in [0.717, 1.165) is 6.66 Å². The lowest BCUT2D eigenvalue weighted by atomic mass is 11.8. The Balaban J connectivity index is 3.81. The van der Waals surface area contributed by atoms with Crippen LogP contribution in [0.2, 0.25) is 0 Å². The highest BCUT2D eigenvalue weighted by atomic mass is 31.2. The third kappa shape index (κ3) is 3.86. The molecule has 0 aliphatic carbocycles. The molecule has 0 aromatic carbocycles. The van der Waals surface area contributed by atoms with Gasteiger partial charge in [0.25, 0.3) is 7.37 Å². The van der Waals surface area contributed by atoms with Crippen LogP contribution in [0.5, 0.6) is 0 Å². The Bertz CT molecular complexity index is 91.0. The molecule has 36 valence electrons. The Morgan fingerprint density at radius 1 is 1.83 bits per heavy atom. The molecule has 0 radical (unpaired) electrons. The van der Waals surface area contributed by atoms with Crippen molar-refractivity contribution < 1.29 is 14.3 Å². The van der Waals surface area contributed by atoms with Gasteiger partial charge in [-0.2, -0.15) is 0 Å². The van der Waals surface area contributed by atoms with E-state index in [2.05, 4.69) is 0 Å². The maximum absolute atomic E-state index is 9.77. The van der Waals surface area contributed by atoms with Gasteiger partial charge in [0.05, 0.1) is 0 Å². The van der Waals surface area contributed by atoms with E-state index in [4.69, 9.17) is 4.89 Å². The van der Waals surface area contributed by atoms with E-state index in [1.54, 1.807) is 0 Å². The normalized spacial score (nSPS) is 19.0. The lowest BCUT2D eigenvalue weighted by Crippen LogP contribution is -1.71. The predicted molar refractivity (Wildman–Crippen MR) is 22.5 cm³/mol. The summed E-state index contributed by atoms with van der Waals surface area (Å²) >= 11 is 0. The molecule has 0 bridgehead atoms. The molecule has 0 aromatic rings. The van der Waals surface area contributed by atoms with E-state index < -0.39 is 7.37 Å². The van der Waals surface area contributed by atoms with Crippen molar-refractivity contribution in [3.8, 4) is 0 Å². The van der Waals surface area contributed by atoms with Gasteiger partial charge < -0.3 is 4.89 Å². The maximum atomic E-state index is 9.77. The van der Waals surface area contributed by atoms with Gasteiger partial charge in [-0.15, -0.1) is 0 Å². The summed E-state index contributed by atoms with van der Waals surface area (Å²) in [5.41, 5.74) is 0. The predicted octanol–water partition coefficient (Wildman–Crippen LogP) is 0.0768. The summed E-state index contributed by atoms with van der Waals surface area (Å²) in [5.74, 6) is 0. The third-order valence-corrected chi connectivity index (χ3v) is 0.587. The van der Waals surface area contributed by atoms with Crippen LogP contribution in [0, 0.1) is 0 Å². The SMILES string of the molecule is CP(=O)(O)C=O. The summed E-state index contributed by atoms with van der Waals surface area (Å²) in [5, 5.41) is 0. The Morgan fingerprint density at radius 3 is 2.00 bits per heavy atom. The molecule has 0 amide bonds. The summed E-state index contributed by atoms with van der Waals surface area (Å²) < 4.78 is 9.77. The van der Waals surface area contributed by atoms with Crippen LogP contribution < -0.4 is 0 Å². The molecular formula is C2H5O3P. The summed E-state index contributed by atoms with van der Waals surface area (Å²) in [6.45, 7) is 0.986. The molecule has 0 spiro atoms. The first-order valence-corrected chi connectivity index (χ1v) is 3.50. The number of hydrogen-bond donors (Lipinski definition) is 1. The first-order chi connectivity index (χ1) is 2.56. The minimum absolute atomic E-state index is 0.0486. The summed E-state index contributed by atoms with van der Waals surface area (Å²) in [4.78, 5) is 17.3. The topological polar surface area (TPSA) is 54.4 Å². The monoisotopic (exact) mass is 108 g/mol. The van der Waals surface area contributed by atoms with E-state index in [9.17, 15) is 9.36 Å². The zero-order valence-corrected chi connectivity index (χ0v) is 4.18. The van der Waals surface area contributed by atoms with Gasteiger partial charge in [-0.25, -0.2) is 0 Å². The lowest BCUT2D eigenvalue weighted by Gasteiger charge is -1.84. The fraction of sp³-hybridized carbons (Fsp3) is 0.500. The standard InChI is InChI=1S/C2H5O3P/c1-6(4,5)2-3/h2H,1H3,(H,4,5). The van der Waals surface area contributed by atoms with E-state index >= 15 is 0 Å². The second kappa shape index (κ2) is 1.54. The number of carbonyl (C=O) groups is 1. The van der Waals surface area contributed by atoms with Gasteiger partial charge >= 0.3 is 0 Å². The summed E-state index contributed by atoms with van der Waals surface area (Å²) in [6, 6.07) is 0.0486. The van der Waals surface area contributed by atoms with Crippen molar-refractivity contribution in [1.82, 2.24) is 0 Å². The smallest absolute Gasteiger partial charge is 0.258 e. The first-order valence-electron chi connectivity index (χ1n) is 1.32. The van der Waals surface area contributed by atoms with Gasteiger partial charge in [-0.05, 0) is 0 Å². The molecule has 6 heavy (non-hydrogen) atoms. The van der Waals surface area contributed by atoms with Gasteiger partial charge in [0.2, 0.25) is 6.03 Å². The quantitative estimate of drug-likeness (QED) is 0.382. The van der Waals surface area contributed by atoms with Gasteiger partial charge in [-0.3, -0.25) is 9.36 Å². The highest BCUT2D eigenvalue weighted by Crippen LogP contribution is 2.29. The third-order valence-electron chi connectivity index (χ3n) is 0.196. The fourth-order valence-electron chi connectivity index (χ4n) is 0. The second-order valence-electron chi connectivity index (χ2n) is 1.05. The van der Waals surface area contributed by atoms with Crippen LogP contribution in [0.1, 0.15) is 0 Å². The minimum Gasteiger partial charge on any atom is -0.340 e. The van der Waals surface area contributed by atoms with Crippen LogP contribution in [-0.4, -0.2) is 17.6 Å². The number of carbonyl (C=O) groups excluding carboxylic acids is 1. The van der Waals surface area contributed by atoms with E-state index in [1.807, 2.05) is 0 Å². The second-order valence-corrected chi connectivity index (χ2v) is 3.15. The molecule has 0 saturated carbocycles. The van der Waals surface area contributed by atoms with Gasteiger partial charge in [-0.1, -0.05) is 0 Å². The van der Waals surface area contributed by atoms with Crippen molar-refractivity contribution in [1.29, 1.82) is 0 Å². The fourth-order valence-corrected chi connectivity index (χ4v) is 0. The summed E-state index contributed by atoms with van der Waals surface area (Å²) in [7, 11) is -3.33. The van der Waals surface area contributed by atoms with Crippen LogP contribution in [0.15, 0.2) is 0 Å². The van der Waals surface area contributed by atoms with Crippen molar-refractivity contribution in [2.45, 2.75) is 0 Å². The largest absolute Gasteiger partial charge is 0.340 e. The zero-order chi connectivity index (χ0) is 5.21. The van der Waals surface area contributed by atoms with Crippen molar-refractivity contribution in [3.05, 3.63) is 0 Å². The van der Waals surface area contributed by atoms with Crippen LogP contribution >= 0.6 is 7.37 Å². The number of rotatable bonds is 1. The van der Waals surface area contributed by atoms with E-state index in [-0.39, 0.29) is 6.03 Å². The van der Waals surface area contributed by atoms with Crippen molar-refractivity contribution in [3.63, 3.8) is 0 Å². The van der Waals surface area contributed by atoms with Crippen molar-refractivity contribution in [2.24, 2.45) is 0 Å². The van der Waals surface area contributed by atoms with Crippen LogP contribution in [-0.2, 0) is 9.36 Å². The Labute approximate surface area is 35.4 Å². The molecule has 0 aliphatic rings. The van der Waals surface area contributed by atoms with Gasteiger partial charge in [0.15, 0.2) is 0 Å². The first kappa shape index (κ1) is 5.86. The van der Waals surface area contributed by atoms with Crippen LogP contribution in [0.25, 0.3) is 0 Å². The average Bonchev–Trinajstić information content (AvgIpc) is 1.35. The Hall–Kier alpha value is -0.140. The van der Waals surface area contributed by atoms with Crippen LogP contribution in [0.3, 0.4) is 0 Å². The molecule has 0 aromatic heterocycles. The molecule has 0 heterocycles. The highest BCUT2D eigenvalue weighted by molar-refractivity contribution is 7.72. The maximum Gasteiger partial charge on any atom is 0.258 e. The van der Waals surface area contributed by atoms with Crippen molar-refractivity contribution >= 4 is 13.4 Å². The van der Waals surface area contributed by atoms with Crippen molar-refractivity contribution in [2.75, 3.05) is 6.66 Å². The molecule has 4 heteroatoms. The molecule has 1 N–H and O–H groups in total. The molecule has 0 fully saturated rings. The van der Waals surface area contributed by atoms with Crippen LogP contribution in [0.4, 0.5) is 0 Å². The Kier molecular flexibility index (Phi) is 1.50. The van der Waals surface area contributed by atoms with E-state index in [0.29, 0.717) is 0 Å². The number of hydrogen-bond acceptors (Lipinski definition) is 2. The van der Waals surface area contributed by atoms with Gasteiger partial charge in [0.1, 0.15) is 0 Å². The molecule has 0 aliphatic heterocycles. The average molecular weight is 108 g/mol. The molecule has 1 unspecified atom stereocenters. The molecule has 1 atom stereocenters. The molecule has 0 rings (SSSR count). The lowest BCUT2D eigenvalue weighted by molar-refractivity contribution is 0.488. The Morgan fingerprint density at radius 2 is 2.00 bits per heavy atom. The molecule has 3 nitrogen and oxygen atoms in total. The molecular weight excluding hydrogens is 103 g/mol. The highest BCUT2D eigenvalue weighted by Gasteiger charge is 2.02. The van der Waals surface area contributed by atoms with Gasteiger partial charge in [0, 0.05) is 6.66 Å². The minimum atomic E-state index is -3.33. The summed E-state index contributed by atoms with van der Waals surface area (Å²) in [6.07, 6.45) is 0. The van der Waals surface area contributed by atoms with E-state index in [1.165, 1.54) is 0 Å². The molecule has 0 saturated heterocycles.